The molecule has 3 aromatic rings. The Kier molecular flexibility index (Phi) is 6.53. The Labute approximate surface area is 188 Å². The third-order valence-corrected chi connectivity index (χ3v) is 5.42. The summed E-state index contributed by atoms with van der Waals surface area (Å²) in [6.45, 7) is 10.6. The maximum Gasteiger partial charge on any atom is 0.176 e. The average molecular weight is 444 g/mol. The summed E-state index contributed by atoms with van der Waals surface area (Å²) < 4.78 is 1.89. The molecule has 2 aromatic carbocycles. The topological polar surface area (TPSA) is 55.6 Å². The van der Waals surface area contributed by atoms with E-state index in [9.17, 15) is 0 Å². The summed E-state index contributed by atoms with van der Waals surface area (Å²) in [4.78, 5) is 0. The lowest BCUT2D eigenvalue weighted by molar-refractivity contribution is 0.258. The van der Waals surface area contributed by atoms with Gasteiger partial charge in [-0.1, -0.05) is 80.4 Å². The van der Waals surface area contributed by atoms with Crippen LogP contribution in [-0.2, 0) is 5.54 Å². The van der Waals surface area contributed by atoms with Crippen molar-refractivity contribution < 1.29 is 0 Å². The Balaban J connectivity index is 1.97. The van der Waals surface area contributed by atoms with Crippen LogP contribution in [0.15, 0.2) is 54.6 Å². The van der Waals surface area contributed by atoms with Crippen LogP contribution in [-0.4, -0.2) is 20.2 Å². The van der Waals surface area contributed by atoms with Gasteiger partial charge in [-0.3, -0.25) is 0 Å². The number of nitrogens with zero attached hydrogens (tertiary/aromatic N) is 4. The van der Waals surface area contributed by atoms with Crippen molar-refractivity contribution in [3.05, 3.63) is 76.0 Å². The Morgan fingerprint density at radius 2 is 1.70 bits per heavy atom. The molecule has 0 radical (unpaired) electrons. The molecule has 1 heterocycles. The predicted octanol–water partition coefficient (Wildman–Crippen LogP) is 6.63. The van der Waals surface area contributed by atoms with Gasteiger partial charge in [-0.05, 0) is 59.5 Å². The Morgan fingerprint density at radius 1 is 1.00 bits per heavy atom. The standard InChI is InChI=1S/C23H27Cl2N5/c1-22(2,3)20(14-12-16-11-13-17(24)15-19(16)25)30-21(27-28-29-30)23(4,5)26-18-9-7-6-8-10-18/h6-15,20,26H,1-5H3/b14-12-. The van der Waals surface area contributed by atoms with Crippen LogP contribution in [0.1, 0.15) is 52.0 Å². The normalized spacial score (nSPS) is 13.6. The van der Waals surface area contributed by atoms with Crippen molar-refractivity contribution in [2.75, 3.05) is 5.32 Å². The highest BCUT2D eigenvalue weighted by molar-refractivity contribution is 6.35. The first-order valence-corrected chi connectivity index (χ1v) is 10.6. The maximum absolute atomic E-state index is 6.35. The second-order valence-electron chi connectivity index (χ2n) is 8.90. The van der Waals surface area contributed by atoms with Crippen LogP contribution in [0.5, 0.6) is 0 Å². The number of rotatable bonds is 6. The number of anilines is 1. The van der Waals surface area contributed by atoms with Crippen molar-refractivity contribution >= 4 is 35.0 Å². The van der Waals surface area contributed by atoms with Crippen molar-refractivity contribution in [2.45, 2.75) is 46.2 Å². The fourth-order valence-electron chi connectivity index (χ4n) is 3.30. The number of para-hydroxylation sites is 1. The summed E-state index contributed by atoms with van der Waals surface area (Å²) in [6, 6.07) is 15.4. The lowest BCUT2D eigenvalue weighted by Crippen LogP contribution is -2.35. The van der Waals surface area contributed by atoms with Crippen LogP contribution < -0.4 is 5.32 Å². The minimum Gasteiger partial charge on any atom is -0.373 e. The third-order valence-electron chi connectivity index (χ3n) is 4.85. The van der Waals surface area contributed by atoms with Gasteiger partial charge >= 0.3 is 0 Å². The molecule has 1 atom stereocenters. The molecule has 1 N–H and O–H groups in total. The molecule has 0 aliphatic rings. The summed E-state index contributed by atoms with van der Waals surface area (Å²) in [5, 5.41) is 17.5. The molecule has 0 aliphatic carbocycles. The Morgan fingerprint density at radius 3 is 2.33 bits per heavy atom. The average Bonchev–Trinajstić information content (AvgIpc) is 3.13. The number of tetrazole rings is 1. The summed E-state index contributed by atoms with van der Waals surface area (Å²) >= 11 is 12.4. The van der Waals surface area contributed by atoms with Crippen LogP contribution in [0.3, 0.4) is 0 Å². The second-order valence-corrected chi connectivity index (χ2v) is 9.74. The molecule has 0 amide bonds. The second kappa shape index (κ2) is 8.78. The summed E-state index contributed by atoms with van der Waals surface area (Å²) in [5.74, 6) is 0.748. The highest BCUT2D eigenvalue weighted by atomic mass is 35.5. The Hall–Kier alpha value is -2.37. The number of benzene rings is 2. The molecule has 1 unspecified atom stereocenters. The molecule has 0 fully saturated rings. The number of halogens is 2. The van der Waals surface area contributed by atoms with E-state index in [1.165, 1.54) is 0 Å². The molecule has 5 nitrogen and oxygen atoms in total. The zero-order valence-corrected chi connectivity index (χ0v) is 19.4. The minimum atomic E-state index is -0.486. The number of hydrogen-bond donors (Lipinski definition) is 1. The van der Waals surface area contributed by atoms with Crippen LogP contribution >= 0.6 is 23.2 Å². The van der Waals surface area contributed by atoms with E-state index in [0.717, 1.165) is 17.1 Å². The zero-order valence-electron chi connectivity index (χ0n) is 17.9. The first-order valence-electron chi connectivity index (χ1n) is 9.83. The van der Waals surface area contributed by atoms with Gasteiger partial charge in [0.1, 0.15) is 0 Å². The van der Waals surface area contributed by atoms with Crippen molar-refractivity contribution in [3.63, 3.8) is 0 Å². The summed E-state index contributed by atoms with van der Waals surface area (Å²) in [7, 11) is 0. The van der Waals surface area contributed by atoms with E-state index in [2.05, 4.69) is 61.5 Å². The summed E-state index contributed by atoms with van der Waals surface area (Å²) in [6.07, 6.45) is 4.09. The van der Waals surface area contributed by atoms with Gasteiger partial charge in [0, 0.05) is 15.7 Å². The maximum atomic E-state index is 6.35. The predicted molar refractivity (Wildman–Crippen MR) is 125 cm³/mol. The van der Waals surface area contributed by atoms with Gasteiger partial charge in [-0.25, -0.2) is 4.68 Å². The fourth-order valence-corrected chi connectivity index (χ4v) is 3.77. The van der Waals surface area contributed by atoms with Crippen molar-refractivity contribution in [2.24, 2.45) is 5.41 Å². The van der Waals surface area contributed by atoms with Crippen molar-refractivity contribution in [3.8, 4) is 0 Å². The van der Waals surface area contributed by atoms with Gasteiger partial charge in [0.05, 0.1) is 11.6 Å². The van der Waals surface area contributed by atoms with E-state index in [1.807, 2.05) is 53.2 Å². The zero-order chi connectivity index (χ0) is 21.9. The van der Waals surface area contributed by atoms with Gasteiger partial charge < -0.3 is 5.32 Å². The molecule has 0 aliphatic heterocycles. The molecule has 3 rings (SSSR count). The van der Waals surface area contributed by atoms with Gasteiger partial charge in [-0.2, -0.15) is 0 Å². The molecule has 0 saturated carbocycles. The molecule has 0 spiro atoms. The van der Waals surface area contributed by atoms with Crippen LogP contribution in [0, 0.1) is 5.41 Å². The number of hydrogen-bond acceptors (Lipinski definition) is 4. The first kappa shape index (κ1) is 22.3. The highest BCUT2D eigenvalue weighted by Crippen LogP contribution is 2.35. The third kappa shape index (κ3) is 5.21. The van der Waals surface area contributed by atoms with E-state index in [0.29, 0.717) is 10.0 Å². The monoisotopic (exact) mass is 443 g/mol. The van der Waals surface area contributed by atoms with Gasteiger partial charge in [-0.15, -0.1) is 5.10 Å². The van der Waals surface area contributed by atoms with E-state index in [-0.39, 0.29) is 11.5 Å². The minimum absolute atomic E-state index is 0.0916. The summed E-state index contributed by atoms with van der Waals surface area (Å²) in [5.41, 5.74) is 1.28. The van der Waals surface area contributed by atoms with E-state index < -0.39 is 5.54 Å². The van der Waals surface area contributed by atoms with Crippen molar-refractivity contribution in [1.82, 2.24) is 20.2 Å². The van der Waals surface area contributed by atoms with Crippen LogP contribution in [0.2, 0.25) is 10.0 Å². The quantitative estimate of drug-likeness (QED) is 0.464. The highest BCUT2D eigenvalue weighted by Gasteiger charge is 2.34. The molecule has 7 heteroatoms. The number of aromatic nitrogens is 4. The number of allylic oxidation sites excluding steroid dienone is 1. The molecule has 0 bridgehead atoms. The van der Waals surface area contributed by atoms with Crippen LogP contribution in [0.25, 0.3) is 6.08 Å². The molecular weight excluding hydrogens is 417 g/mol. The van der Waals surface area contributed by atoms with Gasteiger partial charge in [0.15, 0.2) is 5.82 Å². The first-order chi connectivity index (χ1) is 14.1. The van der Waals surface area contributed by atoms with E-state index >= 15 is 0 Å². The molecule has 30 heavy (non-hydrogen) atoms. The van der Waals surface area contributed by atoms with Gasteiger partial charge in [0.25, 0.3) is 0 Å². The SMILES string of the molecule is CC(C)(Nc1ccccc1)c1nnnn1C(/C=C\c1ccc(Cl)cc1Cl)C(C)(C)C. The smallest absolute Gasteiger partial charge is 0.176 e. The van der Waals surface area contributed by atoms with E-state index in [1.54, 1.807) is 6.07 Å². The van der Waals surface area contributed by atoms with E-state index in [4.69, 9.17) is 23.2 Å². The molecule has 1 aromatic heterocycles. The molecule has 0 saturated heterocycles. The van der Waals surface area contributed by atoms with Crippen molar-refractivity contribution in [1.29, 1.82) is 0 Å². The lowest BCUT2D eigenvalue weighted by atomic mass is 9.85. The number of nitrogens with one attached hydrogen (secondary N) is 1. The Bertz CT molecular complexity index is 1020. The van der Waals surface area contributed by atoms with Gasteiger partial charge in [0.2, 0.25) is 0 Å². The lowest BCUT2D eigenvalue weighted by Gasteiger charge is -2.33. The van der Waals surface area contributed by atoms with Crippen LogP contribution in [0.4, 0.5) is 5.69 Å². The largest absolute Gasteiger partial charge is 0.373 e. The molecular formula is C23H27Cl2N5. The molecule has 158 valence electrons. The fraction of sp³-hybridized carbons (Fsp3) is 0.348.